The van der Waals surface area contributed by atoms with Crippen LogP contribution in [0.4, 0.5) is 10.1 Å². The van der Waals surface area contributed by atoms with Crippen LogP contribution in [-0.4, -0.2) is 52.6 Å². The molecule has 230 valence electrons. The van der Waals surface area contributed by atoms with Crippen molar-refractivity contribution in [3.8, 4) is 0 Å². The minimum atomic E-state index is -0.434. The number of piperazine rings is 1. The number of hydrogen-bond acceptors (Lipinski definition) is 6. The smallest absolute Gasteiger partial charge is 0.265 e. The Kier molecular flexibility index (Phi) is 8.25. The van der Waals surface area contributed by atoms with Crippen molar-refractivity contribution in [2.75, 3.05) is 31.1 Å². The zero-order valence-electron chi connectivity index (χ0n) is 25.4. The summed E-state index contributed by atoms with van der Waals surface area (Å²) in [5.41, 5.74) is 5.02. The molecule has 2 fully saturated rings. The van der Waals surface area contributed by atoms with E-state index in [0.717, 1.165) is 69.3 Å². The fraction of sp³-hybridized carbons (Fsp3) is 0.457. The second kappa shape index (κ2) is 12.4. The minimum Gasteiger partial charge on any atom is -0.368 e. The van der Waals surface area contributed by atoms with Gasteiger partial charge in [-0.1, -0.05) is 12.5 Å². The average molecular weight is 614 g/mol. The van der Waals surface area contributed by atoms with Gasteiger partial charge in [0.1, 0.15) is 5.83 Å². The molecule has 3 aliphatic carbocycles. The average Bonchev–Trinajstić information content (AvgIpc) is 3.85. The van der Waals surface area contributed by atoms with E-state index in [2.05, 4.69) is 21.2 Å². The van der Waals surface area contributed by atoms with E-state index in [9.17, 15) is 9.59 Å². The molecule has 1 aliphatic heterocycles. The topological polar surface area (TPSA) is 70.5 Å². The Morgan fingerprint density at radius 1 is 1.07 bits per heavy atom. The Morgan fingerprint density at radius 3 is 2.66 bits per heavy atom. The minimum absolute atomic E-state index is 0.117. The first-order valence-corrected chi connectivity index (χ1v) is 16.9. The van der Waals surface area contributed by atoms with E-state index >= 15 is 4.39 Å². The van der Waals surface area contributed by atoms with Crippen molar-refractivity contribution in [1.82, 2.24) is 19.8 Å². The summed E-state index contributed by atoms with van der Waals surface area (Å²) in [6, 6.07) is 8.68. The number of carbonyl (C=O) groups is 1. The molecule has 1 saturated heterocycles. The lowest BCUT2D eigenvalue weighted by atomic mass is 9.94. The van der Waals surface area contributed by atoms with E-state index < -0.39 is 5.83 Å². The van der Waals surface area contributed by atoms with Gasteiger partial charge >= 0.3 is 0 Å². The van der Waals surface area contributed by atoms with Crippen molar-refractivity contribution in [3.63, 3.8) is 0 Å². The number of rotatable bonds is 7. The van der Waals surface area contributed by atoms with Gasteiger partial charge in [0, 0.05) is 68.0 Å². The Bertz CT molecular complexity index is 1650. The number of thiophene rings is 1. The number of halogens is 1. The van der Waals surface area contributed by atoms with Gasteiger partial charge in [0.25, 0.3) is 11.5 Å². The fourth-order valence-corrected chi connectivity index (χ4v) is 7.97. The van der Waals surface area contributed by atoms with Crippen LogP contribution in [0.2, 0.25) is 0 Å². The molecule has 1 amide bonds. The third-order valence-corrected chi connectivity index (χ3v) is 10.7. The maximum absolute atomic E-state index is 15.9. The summed E-state index contributed by atoms with van der Waals surface area (Å²) in [6.45, 7) is 4.20. The number of aryl methyl sites for hydroxylation is 3. The van der Waals surface area contributed by atoms with Gasteiger partial charge in [-0.25, -0.2) is 4.39 Å². The molecule has 4 heterocycles. The largest absolute Gasteiger partial charge is 0.368 e. The van der Waals surface area contributed by atoms with Crippen LogP contribution in [0.1, 0.15) is 81.9 Å². The Labute approximate surface area is 262 Å². The molecule has 7 rings (SSSR count). The van der Waals surface area contributed by atoms with Gasteiger partial charge in [0.05, 0.1) is 22.5 Å². The summed E-state index contributed by atoms with van der Waals surface area (Å²) in [7, 11) is 1.70. The highest BCUT2D eigenvalue weighted by Crippen LogP contribution is 2.34. The van der Waals surface area contributed by atoms with Gasteiger partial charge in [0.15, 0.2) is 0 Å². The lowest BCUT2D eigenvalue weighted by Crippen LogP contribution is -2.47. The first kappa shape index (κ1) is 29.2. The summed E-state index contributed by atoms with van der Waals surface area (Å²) < 4.78 is 17.5. The standard InChI is InChI=1S/C35H40FN5O2S/c1-39-22-25(29-7-5-8-30(33(29)36)38-34(42)32-20-23-6-3-2-4-9-31(23)44-32)18-24(35(39)43)19-26-10-11-28(21-37-26)41-16-14-40(15-17-41)27-12-13-27/h8,10-11,18,20-22,27H,2-7,9,12-17,19H2,1H3,(H,38,42). The molecule has 0 aromatic carbocycles. The Morgan fingerprint density at radius 2 is 1.89 bits per heavy atom. The number of allylic oxidation sites excluding steroid dienone is 3. The van der Waals surface area contributed by atoms with Gasteiger partial charge in [-0.05, 0) is 92.3 Å². The van der Waals surface area contributed by atoms with E-state index in [4.69, 9.17) is 4.98 Å². The number of nitrogens with zero attached hydrogens (tertiary/aromatic N) is 4. The van der Waals surface area contributed by atoms with E-state index in [-0.39, 0.29) is 17.2 Å². The number of carbonyl (C=O) groups excluding carboxylic acids is 1. The summed E-state index contributed by atoms with van der Waals surface area (Å²) in [5, 5.41) is 2.85. The van der Waals surface area contributed by atoms with Crippen LogP contribution in [0.5, 0.6) is 0 Å². The molecular weight excluding hydrogens is 573 g/mol. The molecule has 0 bridgehead atoms. The summed E-state index contributed by atoms with van der Waals surface area (Å²) in [5.74, 6) is -0.692. The van der Waals surface area contributed by atoms with Gasteiger partial charge in [-0.15, -0.1) is 11.3 Å². The maximum Gasteiger partial charge on any atom is 0.265 e. The van der Waals surface area contributed by atoms with Crippen molar-refractivity contribution in [1.29, 1.82) is 0 Å². The zero-order chi connectivity index (χ0) is 30.2. The van der Waals surface area contributed by atoms with Crippen LogP contribution in [-0.2, 0) is 26.3 Å². The SMILES string of the molecule is Cn1cc(C2=C(F)C(NC(=O)c3cc4c(s3)CCCCC4)=CCC2)cc(Cc2ccc(N3CCN(C4CC4)CC3)cn2)c1=O. The third-order valence-electron chi connectivity index (χ3n) is 9.49. The van der Waals surface area contributed by atoms with Crippen molar-refractivity contribution >= 4 is 28.5 Å². The zero-order valence-corrected chi connectivity index (χ0v) is 26.2. The quantitative estimate of drug-likeness (QED) is 0.343. The van der Waals surface area contributed by atoms with Gasteiger partial charge in [0.2, 0.25) is 0 Å². The number of nitrogens with one attached hydrogen (secondary N) is 1. The number of hydrogen-bond donors (Lipinski definition) is 1. The highest BCUT2D eigenvalue weighted by atomic mass is 32.1. The maximum atomic E-state index is 15.9. The first-order chi connectivity index (χ1) is 21.4. The van der Waals surface area contributed by atoms with Crippen LogP contribution in [0.25, 0.3) is 5.57 Å². The van der Waals surface area contributed by atoms with Crippen LogP contribution >= 0.6 is 11.3 Å². The molecule has 1 saturated carbocycles. The Hall–Kier alpha value is -3.56. The number of amides is 1. The molecule has 3 aromatic heterocycles. The van der Waals surface area contributed by atoms with E-state index in [1.54, 1.807) is 25.4 Å². The first-order valence-electron chi connectivity index (χ1n) is 16.1. The van der Waals surface area contributed by atoms with Crippen LogP contribution in [0, 0.1) is 0 Å². The number of aromatic nitrogens is 2. The molecule has 44 heavy (non-hydrogen) atoms. The molecule has 4 aliphatic rings. The van der Waals surface area contributed by atoms with Crippen molar-refractivity contribution in [2.45, 2.75) is 70.3 Å². The summed E-state index contributed by atoms with van der Waals surface area (Å²) in [4.78, 5) is 37.9. The number of fused-ring (bicyclic) bond motifs is 1. The van der Waals surface area contributed by atoms with Crippen molar-refractivity contribution in [3.05, 3.63) is 96.8 Å². The third kappa shape index (κ3) is 6.17. The number of anilines is 1. The molecule has 3 aromatic rings. The second-order valence-electron chi connectivity index (χ2n) is 12.6. The monoisotopic (exact) mass is 613 g/mol. The van der Waals surface area contributed by atoms with Crippen LogP contribution in [0.15, 0.2) is 59.1 Å². The molecule has 7 nitrogen and oxygen atoms in total. The van der Waals surface area contributed by atoms with Crippen molar-refractivity contribution < 1.29 is 9.18 Å². The van der Waals surface area contributed by atoms with E-state index in [1.807, 2.05) is 18.3 Å². The van der Waals surface area contributed by atoms with Crippen LogP contribution < -0.4 is 15.8 Å². The summed E-state index contributed by atoms with van der Waals surface area (Å²) >= 11 is 1.54. The van der Waals surface area contributed by atoms with Crippen molar-refractivity contribution in [2.24, 2.45) is 7.05 Å². The lowest BCUT2D eigenvalue weighted by Gasteiger charge is -2.36. The fourth-order valence-electron chi connectivity index (χ4n) is 6.82. The molecule has 0 atom stereocenters. The van der Waals surface area contributed by atoms with E-state index in [0.29, 0.717) is 40.8 Å². The Balaban J connectivity index is 1.06. The molecule has 0 radical (unpaired) electrons. The van der Waals surface area contributed by atoms with Gasteiger partial charge < -0.3 is 14.8 Å². The molecule has 9 heteroatoms. The van der Waals surface area contributed by atoms with Gasteiger partial charge in [-0.2, -0.15) is 0 Å². The van der Waals surface area contributed by atoms with Gasteiger partial charge in [-0.3, -0.25) is 19.5 Å². The highest BCUT2D eigenvalue weighted by molar-refractivity contribution is 7.14. The van der Waals surface area contributed by atoms with E-state index in [1.165, 1.54) is 45.6 Å². The summed E-state index contributed by atoms with van der Waals surface area (Å²) in [6.07, 6.45) is 15.1. The normalized spacial score (nSPS) is 19.4. The molecule has 0 spiro atoms. The molecular formula is C35H40FN5O2S. The van der Waals surface area contributed by atoms with Crippen LogP contribution in [0.3, 0.4) is 0 Å². The number of pyridine rings is 2. The predicted octanol–water partition coefficient (Wildman–Crippen LogP) is 5.77. The second-order valence-corrected chi connectivity index (χ2v) is 13.8. The highest BCUT2D eigenvalue weighted by Gasteiger charge is 2.31. The lowest BCUT2D eigenvalue weighted by molar-refractivity contribution is 0.0969. The molecule has 1 N–H and O–H groups in total. The predicted molar refractivity (Wildman–Crippen MR) is 174 cm³/mol. The molecule has 0 unspecified atom stereocenters.